The third-order valence-corrected chi connectivity index (χ3v) is 12.0. The molecule has 2 saturated carbocycles. The number of carbonyl (C=O) groups excluding carboxylic acids is 2. The topological polar surface area (TPSA) is 99.4 Å². The number of para-hydroxylation sites is 1. The van der Waals surface area contributed by atoms with E-state index in [-0.39, 0.29) is 47.5 Å². The first kappa shape index (κ1) is 26.2. The summed E-state index contributed by atoms with van der Waals surface area (Å²) in [7, 11) is 0. The van der Waals surface area contributed by atoms with Crippen LogP contribution in [-0.2, 0) is 33.3 Å². The normalized spacial score (nSPS) is 43.2. The SMILES string of the molecule is CC(C(=O)OC1C2(C(C)C)OC2C2OC23C2(C)CCC4=C(COC4=O)C2CC2OC213)c1cccc(Oc2ccccc2)c1. The first-order valence-corrected chi connectivity index (χ1v) is 15.6. The minimum Gasteiger partial charge on any atom is -0.458 e. The molecule has 4 heterocycles. The number of cyclic esters (lactones) is 1. The van der Waals surface area contributed by atoms with Crippen LogP contribution in [0.1, 0.15) is 58.4 Å². The first-order chi connectivity index (χ1) is 20.7. The highest BCUT2D eigenvalue weighted by molar-refractivity contribution is 5.92. The van der Waals surface area contributed by atoms with Gasteiger partial charge in [-0.05, 0) is 73.4 Å². The zero-order valence-corrected chi connectivity index (χ0v) is 24.8. The highest BCUT2D eigenvalue weighted by atomic mass is 16.8. The van der Waals surface area contributed by atoms with Crippen LogP contribution in [0.2, 0.25) is 0 Å². The van der Waals surface area contributed by atoms with Crippen LogP contribution in [0.4, 0.5) is 0 Å². The number of carbonyl (C=O) groups is 2. The predicted octanol–water partition coefficient (Wildman–Crippen LogP) is 5.25. The van der Waals surface area contributed by atoms with E-state index < -0.39 is 28.8 Å². The molecule has 10 unspecified atom stereocenters. The summed E-state index contributed by atoms with van der Waals surface area (Å²) in [5.41, 5.74) is 0.437. The van der Waals surface area contributed by atoms with E-state index in [4.69, 9.17) is 28.4 Å². The van der Waals surface area contributed by atoms with Crippen molar-refractivity contribution >= 4 is 11.9 Å². The monoisotopic (exact) mass is 584 g/mol. The number of benzene rings is 2. The summed E-state index contributed by atoms with van der Waals surface area (Å²) in [5.74, 6) is 0.598. The van der Waals surface area contributed by atoms with Crippen molar-refractivity contribution in [2.24, 2.45) is 17.3 Å². The Morgan fingerprint density at radius 2 is 1.77 bits per heavy atom. The Balaban J connectivity index is 1.04. The van der Waals surface area contributed by atoms with Crippen LogP contribution < -0.4 is 4.74 Å². The van der Waals surface area contributed by atoms with Gasteiger partial charge in [-0.25, -0.2) is 4.79 Å². The van der Waals surface area contributed by atoms with E-state index in [1.165, 1.54) is 0 Å². The predicted molar refractivity (Wildman–Crippen MR) is 152 cm³/mol. The highest BCUT2D eigenvalue weighted by Gasteiger charge is 3.01. The Labute approximate surface area is 250 Å². The standard InChI is InChI=1S/C35H36O8/c1-18(2)33-27(42-33)28-35(43-28)32(4)14-13-23-24(17-38-30(23)37)25(32)16-26-34(35,41-26)31(33)40-29(36)19(3)20-9-8-12-22(15-20)39-21-10-6-5-7-11-21/h5-12,15,18-19,25-28,31H,13-14,16-17H2,1-4H3. The fourth-order valence-electron chi connectivity index (χ4n) is 9.67. The van der Waals surface area contributed by atoms with Gasteiger partial charge in [-0.2, -0.15) is 0 Å². The Morgan fingerprint density at radius 3 is 2.56 bits per heavy atom. The molecule has 0 bridgehead atoms. The van der Waals surface area contributed by atoms with E-state index in [1.807, 2.05) is 61.5 Å². The molecule has 3 saturated heterocycles. The van der Waals surface area contributed by atoms with Crippen LogP contribution in [0.5, 0.6) is 11.5 Å². The number of ether oxygens (including phenoxy) is 6. The van der Waals surface area contributed by atoms with Crippen molar-refractivity contribution in [2.75, 3.05) is 6.61 Å². The summed E-state index contributed by atoms with van der Waals surface area (Å²) < 4.78 is 38.3. The number of hydrogen-bond donors (Lipinski definition) is 0. The van der Waals surface area contributed by atoms with E-state index in [0.717, 1.165) is 35.3 Å². The van der Waals surface area contributed by atoms with E-state index in [0.29, 0.717) is 18.8 Å². The number of fused-ring (bicyclic) bond motifs is 4. The van der Waals surface area contributed by atoms with Crippen molar-refractivity contribution in [1.82, 2.24) is 0 Å². The van der Waals surface area contributed by atoms with Crippen LogP contribution in [-0.4, -0.2) is 59.8 Å². The molecule has 8 heteroatoms. The van der Waals surface area contributed by atoms with Crippen LogP contribution in [0, 0.1) is 17.3 Å². The largest absolute Gasteiger partial charge is 0.458 e. The molecule has 2 aromatic carbocycles. The first-order valence-electron chi connectivity index (χ1n) is 15.6. The maximum Gasteiger partial charge on any atom is 0.334 e. The highest BCUT2D eigenvalue weighted by Crippen LogP contribution is 2.83. The maximum atomic E-state index is 14.0. The van der Waals surface area contributed by atoms with Gasteiger partial charge in [-0.3, -0.25) is 4.79 Å². The number of epoxide rings is 3. The minimum absolute atomic E-state index is 0.0988. The fraction of sp³-hybridized carbons (Fsp3) is 0.543. The van der Waals surface area contributed by atoms with Gasteiger partial charge >= 0.3 is 11.9 Å². The summed E-state index contributed by atoms with van der Waals surface area (Å²) in [6.07, 6.45) is 1.20. The van der Waals surface area contributed by atoms with Crippen LogP contribution in [0.3, 0.4) is 0 Å². The fourth-order valence-corrected chi connectivity index (χ4v) is 9.67. The smallest absolute Gasteiger partial charge is 0.334 e. The summed E-state index contributed by atoms with van der Waals surface area (Å²) in [5, 5.41) is 0. The zero-order chi connectivity index (χ0) is 29.5. The van der Waals surface area contributed by atoms with Crippen molar-refractivity contribution in [3.05, 3.63) is 71.3 Å². The van der Waals surface area contributed by atoms with Crippen molar-refractivity contribution in [2.45, 2.75) is 94.1 Å². The molecular weight excluding hydrogens is 548 g/mol. The molecule has 9 rings (SSSR count). The Morgan fingerprint density at radius 1 is 0.977 bits per heavy atom. The molecule has 8 nitrogen and oxygen atoms in total. The lowest BCUT2D eigenvalue weighted by Crippen LogP contribution is -2.70. The Kier molecular flexibility index (Phi) is 5.05. The van der Waals surface area contributed by atoms with E-state index in [1.54, 1.807) is 0 Å². The maximum absolute atomic E-state index is 14.0. The molecule has 3 aliphatic carbocycles. The second kappa shape index (κ2) is 8.29. The molecular formula is C35H36O8. The minimum atomic E-state index is -0.768. The molecule has 10 atom stereocenters. The van der Waals surface area contributed by atoms with Gasteiger partial charge < -0.3 is 28.4 Å². The molecule has 0 radical (unpaired) electrons. The Hall–Kier alpha value is -3.20. The van der Waals surface area contributed by atoms with Gasteiger partial charge in [0, 0.05) is 11.0 Å². The van der Waals surface area contributed by atoms with Gasteiger partial charge in [0.2, 0.25) is 0 Å². The molecule has 4 aliphatic heterocycles. The summed E-state index contributed by atoms with van der Waals surface area (Å²) in [4.78, 5) is 26.5. The third kappa shape index (κ3) is 3.07. The summed E-state index contributed by atoms with van der Waals surface area (Å²) in [6, 6.07) is 17.2. The van der Waals surface area contributed by atoms with E-state index >= 15 is 0 Å². The van der Waals surface area contributed by atoms with Crippen molar-refractivity contribution in [1.29, 1.82) is 0 Å². The molecule has 2 aromatic rings. The van der Waals surface area contributed by atoms with Gasteiger partial charge in [0.15, 0.2) is 11.7 Å². The molecule has 0 amide bonds. The lowest BCUT2D eigenvalue weighted by molar-refractivity contribution is -0.170. The van der Waals surface area contributed by atoms with Crippen molar-refractivity contribution in [3.8, 4) is 11.5 Å². The van der Waals surface area contributed by atoms with E-state index in [9.17, 15) is 9.59 Å². The number of esters is 2. The van der Waals surface area contributed by atoms with Gasteiger partial charge in [0.05, 0.1) is 12.0 Å². The quantitative estimate of drug-likeness (QED) is 0.335. The van der Waals surface area contributed by atoms with Crippen molar-refractivity contribution in [3.63, 3.8) is 0 Å². The van der Waals surface area contributed by atoms with Gasteiger partial charge in [0.1, 0.15) is 41.5 Å². The average molecular weight is 585 g/mol. The van der Waals surface area contributed by atoms with Crippen molar-refractivity contribution < 1.29 is 38.0 Å². The van der Waals surface area contributed by atoms with Crippen LogP contribution in [0.25, 0.3) is 0 Å². The molecule has 2 spiro atoms. The molecule has 224 valence electrons. The lowest BCUT2D eigenvalue weighted by atomic mass is 9.46. The second-order valence-corrected chi connectivity index (χ2v) is 14.0. The lowest BCUT2D eigenvalue weighted by Gasteiger charge is -2.53. The second-order valence-electron chi connectivity index (χ2n) is 14.0. The number of rotatable bonds is 6. The van der Waals surface area contributed by atoms with Gasteiger partial charge in [0.25, 0.3) is 0 Å². The van der Waals surface area contributed by atoms with E-state index in [2.05, 4.69) is 20.8 Å². The Bertz CT molecular complexity index is 1600. The van der Waals surface area contributed by atoms with Crippen LogP contribution in [0.15, 0.2) is 65.7 Å². The molecule has 43 heavy (non-hydrogen) atoms. The molecule has 7 aliphatic rings. The third-order valence-electron chi connectivity index (χ3n) is 12.0. The van der Waals surface area contributed by atoms with Gasteiger partial charge in [-0.1, -0.05) is 51.1 Å². The average Bonchev–Trinajstić information content (AvgIpc) is 3.92. The van der Waals surface area contributed by atoms with Crippen LogP contribution >= 0.6 is 0 Å². The molecule has 5 fully saturated rings. The molecule has 0 aromatic heterocycles. The summed E-state index contributed by atoms with van der Waals surface area (Å²) >= 11 is 0. The number of hydrogen-bond acceptors (Lipinski definition) is 8. The molecule has 0 N–H and O–H groups in total. The van der Waals surface area contributed by atoms with Gasteiger partial charge in [-0.15, -0.1) is 0 Å². The zero-order valence-electron chi connectivity index (χ0n) is 24.8. The summed E-state index contributed by atoms with van der Waals surface area (Å²) in [6.45, 7) is 8.77.